The Kier molecular flexibility index (Phi) is 6.02. The van der Waals surface area contributed by atoms with Crippen molar-refractivity contribution in [3.05, 3.63) is 23.3 Å². The van der Waals surface area contributed by atoms with E-state index in [-0.39, 0.29) is 18.2 Å². The highest BCUT2D eigenvalue weighted by molar-refractivity contribution is 5.95. The monoisotopic (exact) mass is 295 g/mol. The van der Waals surface area contributed by atoms with Gasteiger partial charge in [-0.2, -0.15) is 0 Å². The van der Waals surface area contributed by atoms with E-state index in [1.165, 1.54) is 14.2 Å². The maximum Gasteiger partial charge on any atom is 0.303 e. The number of rotatable bonds is 7. The van der Waals surface area contributed by atoms with E-state index in [0.717, 1.165) is 5.56 Å². The molecule has 0 saturated heterocycles. The van der Waals surface area contributed by atoms with Gasteiger partial charge in [0.25, 0.3) is 5.91 Å². The van der Waals surface area contributed by atoms with Crippen LogP contribution in [0.1, 0.15) is 29.3 Å². The molecule has 1 aromatic rings. The van der Waals surface area contributed by atoms with Crippen LogP contribution < -0.4 is 14.8 Å². The Morgan fingerprint density at radius 1 is 1.24 bits per heavy atom. The van der Waals surface area contributed by atoms with E-state index in [2.05, 4.69) is 5.32 Å². The lowest BCUT2D eigenvalue weighted by molar-refractivity contribution is -0.137. The highest BCUT2D eigenvalue weighted by atomic mass is 16.5. The Labute approximate surface area is 124 Å². The number of carboxylic acids is 1. The van der Waals surface area contributed by atoms with Crippen LogP contribution in [0.3, 0.4) is 0 Å². The van der Waals surface area contributed by atoms with Gasteiger partial charge in [0.2, 0.25) is 0 Å². The minimum atomic E-state index is -0.879. The number of methoxy groups -OCH3 is 2. The Balaban J connectivity index is 2.80. The number of ether oxygens (including phenoxy) is 2. The molecule has 6 heteroatoms. The number of amides is 1. The third-order valence-electron chi connectivity index (χ3n) is 3.15. The Morgan fingerprint density at radius 3 is 2.19 bits per heavy atom. The van der Waals surface area contributed by atoms with Gasteiger partial charge in [-0.25, -0.2) is 0 Å². The standard InChI is InChI=1S/C15H21NO5/c1-9(5-14(17)18)8-16-15(19)11-6-12(20-3)10(2)13(7-11)21-4/h6-7,9H,5,8H2,1-4H3,(H,16,19)(H,17,18). The molecule has 0 bridgehead atoms. The van der Waals surface area contributed by atoms with Gasteiger partial charge in [-0.1, -0.05) is 6.92 Å². The molecule has 0 aliphatic heterocycles. The topological polar surface area (TPSA) is 84.9 Å². The first-order valence-corrected chi connectivity index (χ1v) is 6.61. The van der Waals surface area contributed by atoms with Crippen LogP contribution in [0.5, 0.6) is 11.5 Å². The van der Waals surface area contributed by atoms with Crippen molar-refractivity contribution >= 4 is 11.9 Å². The molecule has 1 aromatic carbocycles. The average molecular weight is 295 g/mol. The third kappa shape index (κ3) is 4.66. The average Bonchev–Trinajstić information content (AvgIpc) is 2.44. The second kappa shape index (κ2) is 7.52. The Hall–Kier alpha value is -2.24. The van der Waals surface area contributed by atoms with Crippen molar-refractivity contribution in [1.29, 1.82) is 0 Å². The lowest BCUT2D eigenvalue weighted by Gasteiger charge is -2.14. The first-order valence-electron chi connectivity index (χ1n) is 6.61. The highest BCUT2D eigenvalue weighted by Gasteiger charge is 2.15. The number of hydrogen-bond donors (Lipinski definition) is 2. The lowest BCUT2D eigenvalue weighted by Crippen LogP contribution is -2.29. The summed E-state index contributed by atoms with van der Waals surface area (Å²) in [5.74, 6) is -0.170. The molecule has 1 rings (SSSR count). The third-order valence-corrected chi connectivity index (χ3v) is 3.15. The number of hydrogen-bond acceptors (Lipinski definition) is 4. The Morgan fingerprint density at radius 2 is 1.76 bits per heavy atom. The number of carboxylic acid groups (broad SMARTS) is 1. The summed E-state index contributed by atoms with van der Waals surface area (Å²) in [6.45, 7) is 3.91. The van der Waals surface area contributed by atoms with Crippen LogP contribution in [0.15, 0.2) is 12.1 Å². The van der Waals surface area contributed by atoms with Crippen LogP contribution in [0.25, 0.3) is 0 Å². The molecule has 2 N–H and O–H groups in total. The summed E-state index contributed by atoms with van der Waals surface area (Å²) in [7, 11) is 3.05. The van der Waals surface area contributed by atoms with E-state index < -0.39 is 5.97 Å². The fourth-order valence-electron chi connectivity index (χ4n) is 1.96. The molecule has 0 aromatic heterocycles. The molecule has 0 fully saturated rings. The van der Waals surface area contributed by atoms with Gasteiger partial charge < -0.3 is 19.9 Å². The summed E-state index contributed by atoms with van der Waals surface area (Å²) in [5.41, 5.74) is 1.23. The molecule has 21 heavy (non-hydrogen) atoms. The van der Waals surface area contributed by atoms with Crippen molar-refractivity contribution in [2.24, 2.45) is 5.92 Å². The van der Waals surface area contributed by atoms with Crippen molar-refractivity contribution in [2.45, 2.75) is 20.3 Å². The van der Waals surface area contributed by atoms with Gasteiger partial charge in [0.1, 0.15) is 11.5 Å². The van der Waals surface area contributed by atoms with Gasteiger partial charge >= 0.3 is 5.97 Å². The van der Waals surface area contributed by atoms with Gasteiger partial charge in [0.15, 0.2) is 0 Å². The first-order chi connectivity index (χ1) is 9.88. The van der Waals surface area contributed by atoms with Crippen LogP contribution in [-0.2, 0) is 4.79 Å². The van der Waals surface area contributed by atoms with Gasteiger partial charge in [-0.3, -0.25) is 9.59 Å². The largest absolute Gasteiger partial charge is 0.496 e. The fraction of sp³-hybridized carbons (Fsp3) is 0.467. The summed E-state index contributed by atoms with van der Waals surface area (Å²) in [4.78, 5) is 22.7. The van der Waals surface area contributed by atoms with E-state index in [1.54, 1.807) is 19.1 Å². The summed E-state index contributed by atoms with van der Waals surface area (Å²) < 4.78 is 10.4. The first kappa shape index (κ1) is 16.8. The maximum atomic E-state index is 12.1. The molecule has 0 aliphatic carbocycles. The molecule has 116 valence electrons. The van der Waals surface area contributed by atoms with Crippen LogP contribution >= 0.6 is 0 Å². The molecular weight excluding hydrogens is 274 g/mol. The summed E-state index contributed by atoms with van der Waals surface area (Å²) in [5, 5.41) is 11.4. The molecule has 0 heterocycles. The van der Waals surface area contributed by atoms with Crippen LogP contribution in [0, 0.1) is 12.8 Å². The quantitative estimate of drug-likeness (QED) is 0.802. The number of carbonyl (C=O) groups is 2. The molecule has 0 aliphatic rings. The second-order valence-electron chi connectivity index (χ2n) is 4.92. The zero-order chi connectivity index (χ0) is 16.0. The van der Waals surface area contributed by atoms with E-state index in [1.807, 2.05) is 6.92 Å². The predicted molar refractivity (Wildman–Crippen MR) is 78.0 cm³/mol. The second-order valence-corrected chi connectivity index (χ2v) is 4.92. The SMILES string of the molecule is COc1cc(C(=O)NCC(C)CC(=O)O)cc(OC)c1C. The van der Waals surface area contributed by atoms with E-state index in [4.69, 9.17) is 14.6 Å². The van der Waals surface area contributed by atoms with Crippen LogP contribution in [0.2, 0.25) is 0 Å². The van der Waals surface area contributed by atoms with E-state index in [9.17, 15) is 9.59 Å². The normalized spacial score (nSPS) is 11.6. The number of nitrogens with one attached hydrogen (secondary N) is 1. The van der Waals surface area contributed by atoms with Gasteiger partial charge in [-0.05, 0) is 25.0 Å². The van der Waals surface area contributed by atoms with Gasteiger partial charge in [0.05, 0.1) is 14.2 Å². The molecule has 1 atom stereocenters. The van der Waals surface area contributed by atoms with E-state index in [0.29, 0.717) is 23.6 Å². The smallest absolute Gasteiger partial charge is 0.303 e. The highest BCUT2D eigenvalue weighted by Crippen LogP contribution is 2.29. The van der Waals surface area contributed by atoms with Crippen molar-refractivity contribution in [3.8, 4) is 11.5 Å². The molecule has 0 spiro atoms. The summed E-state index contributed by atoms with van der Waals surface area (Å²) in [6.07, 6.45) is 0.0147. The van der Waals surface area contributed by atoms with Crippen molar-refractivity contribution in [3.63, 3.8) is 0 Å². The predicted octanol–water partition coefficient (Wildman–Crippen LogP) is 1.85. The van der Waals surface area contributed by atoms with Gasteiger partial charge in [-0.15, -0.1) is 0 Å². The molecule has 1 unspecified atom stereocenters. The number of aliphatic carboxylic acids is 1. The van der Waals surface area contributed by atoms with Crippen LogP contribution in [-0.4, -0.2) is 37.7 Å². The van der Waals surface area contributed by atoms with Crippen LogP contribution in [0.4, 0.5) is 0 Å². The minimum absolute atomic E-state index is 0.0147. The fourth-order valence-corrected chi connectivity index (χ4v) is 1.96. The Bertz CT molecular complexity index is 502. The minimum Gasteiger partial charge on any atom is -0.496 e. The molecule has 0 saturated carbocycles. The molecular formula is C15H21NO5. The lowest BCUT2D eigenvalue weighted by atomic mass is 10.1. The zero-order valence-electron chi connectivity index (χ0n) is 12.7. The summed E-state index contributed by atoms with van der Waals surface area (Å²) >= 11 is 0. The zero-order valence-corrected chi connectivity index (χ0v) is 12.7. The molecule has 0 radical (unpaired) electrons. The number of benzene rings is 1. The summed E-state index contributed by atoms with van der Waals surface area (Å²) in [6, 6.07) is 3.27. The van der Waals surface area contributed by atoms with E-state index >= 15 is 0 Å². The molecule has 6 nitrogen and oxygen atoms in total. The van der Waals surface area contributed by atoms with Crippen molar-refractivity contribution in [2.75, 3.05) is 20.8 Å². The molecule has 1 amide bonds. The number of carbonyl (C=O) groups excluding carboxylic acids is 1. The van der Waals surface area contributed by atoms with Gasteiger partial charge in [0, 0.05) is 24.1 Å². The van der Waals surface area contributed by atoms with Crippen molar-refractivity contribution in [1.82, 2.24) is 5.32 Å². The maximum absolute atomic E-state index is 12.1. The van der Waals surface area contributed by atoms with Crippen molar-refractivity contribution < 1.29 is 24.2 Å².